The van der Waals surface area contributed by atoms with E-state index in [0.717, 1.165) is 60.7 Å². The second kappa shape index (κ2) is 19.1. The van der Waals surface area contributed by atoms with Gasteiger partial charge in [-0.3, -0.25) is 9.59 Å². The standard InChI is InChI=1S/C19H15ClF3N5O2.C19H14F3N5O2/c20-6-10(7-24)30-19-15(8-25-9-26-19)28-18(29)14-5-4-13(23)17(27-14)16-11(21)2-1-3-12(16)22;20-11-2-1-3-12(21)16(11)17-13(22)4-5-14(26-17)18(28)27-15-8-24-9-25-19(15)29-10-6-23-7-10/h1-5,8-10H,6-7,24H2,(H,28,29);1-5,8-10,23H,6-7H2,(H,27,28). The highest BCUT2D eigenvalue weighted by Gasteiger charge is 2.24. The monoisotopic (exact) mass is 838 g/mol. The van der Waals surface area contributed by atoms with Gasteiger partial charge in [0.15, 0.2) is 0 Å². The van der Waals surface area contributed by atoms with Gasteiger partial charge in [-0.2, -0.15) is 9.97 Å². The molecule has 0 aliphatic carbocycles. The van der Waals surface area contributed by atoms with Gasteiger partial charge in [-0.05, 0) is 48.5 Å². The van der Waals surface area contributed by atoms with Crippen LogP contribution in [0.2, 0.25) is 0 Å². The molecular weight excluding hydrogens is 810 g/mol. The fourth-order valence-corrected chi connectivity index (χ4v) is 5.30. The first kappa shape index (κ1) is 41.9. The van der Waals surface area contributed by atoms with Crippen LogP contribution in [0.5, 0.6) is 11.8 Å². The molecule has 0 saturated carbocycles. The van der Waals surface area contributed by atoms with Crippen molar-refractivity contribution in [2.75, 3.05) is 36.1 Å². The molecule has 7 rings (SSSR count). The van der Waals surface area contributed by atoms with E-state index in [9.17, 15) is 35.9 Å². The second-order valence-corrected chi connectivity index (χ2v) is 12.5. The van der Waals surface area contributed by atoms with Crippen molar-refractivity contribution in [3.63, 3.8) is 0 Å². The Morgan fingerprint density at radius 3 is 1.59 bits per heavy atom. The van der Waals surface area contributed by atoms with E-state index in [1.807, 2.05) is 0 Å². The van der Waals surface area contributed by atoms with E-state index in [1.165, 1.54) is 25.0 Å². The number of benzene rings is 2. The van der Waals surface area contributed by atoms with Gasteiger partial charge in [-0.1, -0.05) is 12.1 Å². The van der Waals surface area contributed by atoms with Crippen LogP contribution in [0.25, 0.3) is 22.5 Å². The Morgan fingerprint density at radius 1 is 0.712 bits per heavy atom. The van der Waals surface area contributed by atoms with Crippen LogP contribution in [0.4, 0.5) is 37.7 Å². The zero-order valence-corrected chi connectivity index (χ0v) is 30.9. The van der Waals surface area contributed by atoms with Crippen molar-refractivity contribution < 1.29 is 45.4 Å². The predicted molar refractivity (Wildman–Crippen MR) is 201 cm³/mol. The van der Waals surface area contributed by atoms with E-state index >= 15 is 0 Å². The van der Waals surface area contributed by atoms with Crippen LogP contribution in [0.3, 0.4) is 0 Å². The fourth-order valence-electron chi connectivity index (χ4n) is 5.11. The van der Waals surface area contributed by atoms with Gasteiger partial charge in [-0.15, -0.1) is 11.6 Å². The number of carbonyl (C=O) groups excluding carboxylic acids is 2. The Balaban J connectivity index is 0.000000198. The number of pyridine rings is 2. The van der Waals surface area contributed by atoms with E-state index in [4.69, 9.17) is 26.8 Å². The molecule has 1 saturated heterocycles. The molecule has 304 valence electrons. The smallest absolute Gasteiger partial charge is 0.274 e. The summed E-state index contributed by atoms with van der Waals surface area (Å²) >= 11 is 5.75. The lowest BCUT2D eigenvalue weighted by Crippen LogP contribution is -2.50. The molecule has 5 heterocycles. The lowest BCUT2D eigenvalue weighted by Gasteiger charge is -2.27. The number of nitrogens with zero attached hydrogens (tertiary/aromatic N) is 6. The summed E-state index contributed by atoms with van der Waals surface area (Å²) in [5, 5.41) is 8.03. The maximum atomic E-state index is 14.2. The summed E-state index contributed by atoms with van der Waals surface area (Å²) in [4.78, 5) is 48.4. The average molecular weight is 839 g/mol. The SMILES string of the molecule is NCC(CCl)Oc1ncncc1NC(=O)c1ccc(F)c(-c2c(F)cccc2F)n1.O=C(Nc1cncnc1OC1CNC1)c1ccc(F)c(-c2c(F)cccc2F)n1. The molecule has 21 heteroatoms. The first-order valence-electron chi connectivity index (χ1n) is 17.2. The Morgan fingerprint density at radius 2 is 1.17 bits per heavy atom. The van der Waals surface area contributed by atoms with Gasteiger partial charge in [0.2, 0.25) is 11.8 Å². The fraction of sp³-hybridized carbons (Fsp3) is 0.158. The van der Waals surface area contributed by atoms with Crippen LogP contribution in [0.15, 0.2) is 85.7 Å². The third-order valence-electron chi connectivity index (χ3n) is 8.14. The number of rotatable bonds is 12. The first-order chi connectivity index (χ1) is 28.5. The zero-order valence-electron chi connectivity index (χ0n) is 30.1. The van der Waals surface area contributed by atoms with Crippen molar-refractivity contribution in [3.05, 3.63) is 132 Å². The number of aromatic nitrogens is 6. The third kappa shape index (κ3) is 10.0. The minimum absolute atomic E-state index is 0.0110. The molecule has 4 aromatic heterocycles. The lowest BCUT2D eigenvalue weighted by atomic mass is 10.1. The maximum Gasteiger partial charge on any atom is 0.274 e. The van der Waals surface area contributed by atoms with Crippen molar-refractivity contribution in [2.45, 2.75) is 12.2 Å². The molecule has 0 radical (unpaired) electrons. The molecule has 1 unspecified atom stereocenters. The summed E-state index contributed by atoms with van der Waals surface area (Å²) in [5.41, 5.74) is 2.70. The van der Waals surface area contributed by atoms with Crippen LogP contribution in [-0.2, 0) is 0 Å². The molecule has 6 aromatic rings. The number of hydrogen-bond acceptors (Lipinski definition) is 12. The molecule has 0 spiro atoms. The summed E-state index contributed by atoms with van der Waals surface area (Å²) in [7, 11) is 0. The maximum absolute atomic E-state index is 14.2. The average Bonchev–Trinajstić information content (AvgIpc) is 3.20. The van der Waals surface area contributed by atoms with Crippen molar-refractivity contribution >= 4 is 34.8 Å². The molecule has 1 aliphatic heterocycles. The van der Waals surface area contributed by atoms with Gasteiger partial charge in [0.1, 0.15) is 93.9 Å². The molecule has 59 heavy (non-hydrogen) atoms. The minimum Gasteiger partial charge on any atom is -0.470 e. The Hall–Kier alpha value is -6.77. The van der Waals surface area contributed by atoms with Crippen LogP contribution in [0.1, 0.15) is 21.0 Å². The Labute approximate surface area is 335 Å². The topological polar surface area (TPSA) is 192 Å². The van der Waals surface area contributed by atoms with Gasteiger partial charge < -0.3 is 31.2 Å². The molecule has 0 bridgehead atoms. The van der Waals surface area contributed by atoms with Crippen LogP contribution >= 0.6 is 11.6 Å². The molecule has 5 N–H and O–H groups in total. The minimum atomic E-state index is -1.01. The van der Waals surface area contributed by atoms with Gasteiger partial charge in [0.05, 0.1) is 29.4 Å². The van der Waals surface area contributed by atoms with Gasteiger partial charge in [-0.25, -0.2) is 46.3 Å². The number of nitrogens with one attached hydrogen (secondary N) is 3. The molecule has 1 fully saturated rings. The molecular formula is C38H29ClF6N10O4. The predicted octanol–water partition coefficient (Wildman–Crippen LogP) is 5.71. The number of nitrogens with two attached hydrogens (primary N) is 1. The van der Waals surface area contributed by atoms with Gasteiger partial charge in [0.25, 0.3) is 11.8 Å². The highest BCUT2D eigenvalue weighted by atomic mass is 35.5. The summed E-state index contributed by atoms with van der Waals surface area (Å²) in [5.74, 6) is -7.24. The van der Waals surface area contributed by atoms with E-state index in [2.05, 4.69) is 45.9 Å². The van der Waals surface area contributed by atoms with Crippen LogP contribution in [-0.4, -0.2) is 79.4 Å². The normalized spacial score (nSPS) is 12.7. The van der Waals surface area contributed by atoms with Gasteiger partial charge >= 0.3 is 0 Å². The number of amides is 2. The highest BCUT2D eigenvalue weighted by molar-refractivity contribution is 6.18. The van der Waals surface area contributed by atoms with E-state index < -0.39 is 75.3 Å². The Bertz CT molecular complexity index is 2440. The number of anilines is 2. The number of carbonyl (C=O) groups is 2. The van der Waals surface area contributed by atoms with Crippen molar-refractivity contribution in [1.29, 1.82) is 0 Å². The van der Waals surface area contributed by atoms with Crippen molar-refractivity contribution in [2.24, 2.45) is 5.73 Å². The number of ether oxygens (including phenoxy) is 2. The van der Waals surface area contributed by atoms with Gasteiger partial charge in [0, 0.05) is 19.6 Å². The molecule has 2 amide bonds. The largest absolute Gasteiger partial charge is 0.470 e. The Kier molecular flexibility index (Phi) is 13.6. The lowest BCUT2D eigenvalue weighted by molar-refractivity contribution is 0.101. The number of halogens is 7. The number of hydrogen-bond donors (Lipinski definition) is 4. The summed E-state index contributed by atoms with van der Waals surface area (Å²) < 4.78 is 95.7. The highest BCUT2D eigenvalue weighted by Crippen LogP contribution is 2.30. The molecule has 1 atom stereocenters. The summed E-state index contributed by atoms with van der Waals surface area (Å²) in [6.45, 7) is 1.40. The van der Waals surface area contributed by atoms with E-state index in [0.29, 0.717) is 13.1 Å². The van der Waals surface area contributed by atoms with Crippen LogP contribution < -0.4 is 31.2 Å². The second-order valence-electron chi connectivity index (χ2n) is 12.2. The number of alkyl halides is 1. The first-order valence-corrected chi connectivity index (χ1v) is 17.7. The van der Waals surface area contributed by atoms with Crippen molar-refractivity contribution in [3.8, 4) is 34.3 Å². The molecule has 1 aliphatic rings. The zero-order chi connectivity index (χ0) is 42.1. The van der Waals surface area contributed by atoms with Crippen LogP contribution in [0, 0.1) is 34.9 Å². The van der Waals surface area contributed by atoms with E-state index in [-0.39, 0.29) is 53.1 Å². The summed E-state index contributed by atoms with van der Waals surface area (Å²) in [6.07, 6.45) is 4.43. The summed E-state index contributed by atoms with van der Waals surface area (Å²) in [6, 6.07) is 10.1. The molecule has 2 aromatic carbocycles. The third-order valence-corrected chi connectivity index (χ3v) is 8.48. The van der Waals surface area contributed by atoms with Crippen molar-refractivity contribution in [1.82, 2.24) is 35.2 Å². The molecule has 14 nitrogen and oxygen atoms in total. The van der Waals surface area contributed by atoms with E-state index in [1.54, 1.807) is 0 Å². The quantitative estimate of drug-likeness (QED) is 0.0869.